The third kappa shape index (κ3) is 5.66. The number of fused-ring (bicyclic) bond motifs is 1. The van der Waals surface area contributed by atoms with Gasteiger partial charge >= 0.3 is 0 Å². The fourth-order valence-electron chi connectivity index (χ4n) is 2.57. The van der Waals surface area contributed by atoms with Crippen molar-refractivity contribution in [3.63, 3.8) is 0 Å². The van der Waals surface area contributed by atoms with E-state index in [2.05, 4.69) is 15.3 Å². The van der Waals surface area contributed by atoms with Gasteiger partial charge in [0.2, 0.25) is 21.8 Å². The Morgan fingerprint density at radius 3 is 2.38 bits per heavy atom. The van der Waals surface area contributed by atoms with Gasteiger partial charge in [-0.1, -0.05) is 36.0 Å². The van der Waals surface area contributed by atoms with Gasteiger partial charge in [-0.2, -0.15) is 0 Å². The minimum Gasteiger partial charge on any atom is -0.479 e. The molecule has 8 nitrogen and oxygen atoms in total. The van der Waals surface area contributed by atoms with Crippen molar-refractivity contribution in [3.8, 4) is 5.88 Å². The number of rotatable bonds is 8. The van der Waals surface area contributed by atoms with Crippen LogP contribution in [0, 0.1) is 0 Å². The molecular weight excluding hydrogens is 412 g/mol. The second-order valence-corrected chi connectivity index (χ2v) is 8.63. The number of para-hydroxylation sites is 2. The zero-order valence-electron chi connectivity index (χ0n) is 15.7. The summed E-state index contributed by atoms with van der Waals surface area (Å²) in [6, 6.07) is 13.7. The Kier molecular flexibility index (Phi) is 6.68. The Bertz CT molecular complexity index is 1120. The SMILES string of the molecule is COc1nc2ccccc2nc1SCC(=O)NCCc1ccc(S(N)(=O)=O)cc1. The highest BCUT2D eigenvalue weighted by Crippen LogP contribution is 2.27. The molecule has 0 bridgehead atoms. The molecule has 29 heavy (non-hydrogen) atoms. The summed E-state index contributed by atoms with van der Waals surface area (Å²) in [4.78, 5) is 21.1. The topological polar surface area (TPSA) is 124 Å². The molecule has 152 valence electrons. The summed E-state index contributed by atoms with van der Waals surface area (Å²) < 4.78 is 27.8. The molecule has 3 N–H and O–H groups in total. The molecule has 0 fully saturated rings. The van der Waals surface area contributed by atoms with Gasteiger partial charge in [0.1, 0.15) is 0 Å². The van der Waals surface area contributed by atoms with Crippen molar-refractivity contribution in [3.05, 3.63) is 54.1 Å². The van der Waals surface area contributed by atoms with Gasteiger partial charge in [0, 0.05) is 6.54 Å². The first-order valence-electron chi connectivity index (χ1n) is 8.69. The summed E-state index contributed by atoms with van der Waals surface area (Å²) in [5.74, 6) is 0.415. The molecule has 0 radical (unpaired) electrons. The number of sulfonamides is 1. The number of carbonyl (C=O) groups is 1. The molecule has 0 saturated carbocycles. The Hall–Kier alpha value is -2.69. The van der Waals surface area contributed by atoms with Crippen molar-refractivity contribution < 1.29 is 17.9 Å². The number of benzene rings is 2. The van der Waals surface area contributed by atoms with Crippen LogP contribution < -0.4 is 15.2 Å². The maximum atomic E-state index is 12.1. The van der Waals surface area contributed by atoms with Crippen molar-refractivity contribution in [2.24, 2.45) is 5.14 Å². The van der Waals surface area contributed by atoms with E-state index in [-0.39, 0.29) is 16.6 Å². The Morgan fingerprint density at radius 1 is 1.10 bits per heavy atom. The van der Waals surface area contributed by atoms with Crippen LogP contribution in [0.1, 0.15) is 5.56 Å². The van der Waals surface area contributed by atoms with E-state index in [1.807, 2.05) is 24.3 Å². The summed E-state index contributed by atoms with van der Waals surface area (Å²) in [5, 5.41) is 8.46. The lowest BCUT2D eigenvalue weighted by Crippen LogP contribution is -2.27. The van der Waals surface area contributed by atoms with Gasteiger partial charge in [0.15, 0.2) is 5.03 Å². The van der Waals surface area contributed by atoms with Crippen molar-refractivity contribution in [2.75, 3.05) is 19.4 Å². The Labute approximate surface area is 172 Å². The van der Waals surface area contributed by atoms with E-state index >= 15 is 0 Å². The monoisotopic (exact) mass is 432 g/mol. The van der Waals surface area contributed by atoms with E-state index in [0.29, 0.717) is 23.9 Å². The van der Waals surface area contributed by atoms with Crippen LogP contribution in [0.5, 0.6) is 5.88 Å². The van der Waals surface area contributed by atoms with Gasteiger partial charge in [-0.05, 0) is 36.2 Å². The first-order valence-corrected chi connectivity index (χ1v) is 11.2. The van der Waals surface area contributed by atoms with E-state index < -0.39 is 10.0 Å². The fraction of sp³-hybridized carbons (Fsp3) is 0.211. The summed E-state index contributed by atoms with van der Waals surface area (Å²) in [7, 11) is -2.18. The van der Waals surface area contributed by atoms with Crippen molar-refractivity contribution in [2.45, 2.75) is 16.3 Å². The van der Waals surface area contributed by atoms with Crippen LogP contribution in [0.3, 0.4) is 0 Å². The van der Waals surface area contributed by atoms with Gasteiger partial charge < -0.3 is 10.1 Å². The minimum atomic E-state index is -3.70. The molecule has 3 aromatic rings. The smallest absolute Gasteiger partial charge is 0.247 e. The number of nitrogens with zero attached hydrogens (tertiary/aromatic N) is 2. The van der Waals surface area contributed by atoms with E-state index in [1.54, 1.807) is 12.1 Å². The second kappa shape index (κ2) is 9.21. The maximum Gasteiger partial charge on any atom is 0.247 e. The highest BCUT2D eigenvalue weighted by atomic mass is 32.2. The maximum absolute atomic E-state index is 12.1. The highest BCUT2D eigenvalue weighted by Gasteiger charge is 2.12. The molecule has 3 rings (SSSR count). The number of aromatic nitrogens is 2. The van der Waals surface area contributed by atoms with Crippen LogP contribution in [0.15, 0.2) is 58.5 Å². The lowest BCUT2D eigenvalue weighted by atomic mass is 10.1. The van der Waals surface area contributed by atoms with Crippen LogP contribution in [-0.4, -0.2) is 43.7 Å². The molecule has 0 aliphatic heterocycles. The minimum absolute atomic E-state index is 0.0622. The molecule has 0 aliphatic rings. The average Bonchev–Trinajstić information content (AvgIpc) is 2.71. The van der Waals surface area contributed by atoms with Crippen molar-refractivity contribution in [1.82, 2.24) is 15.3 Å². The van der Waals surface area contributed by atoms with Gasteiger partial charge in [-0.15, -0.1) is 0 Å². The predicted octanol–water partition coefficient (Wildman–Crippen LogP) is 1.74. The number of nitrogens with one attached hydrogen (secondary N) is 1. The summed E-state index contributed by atoms with van der Waals surface area (Å²) in [6.07, 6.45) is 0.570. The third-order valence-corrected chi connectivity index (χ3v) is 5.90. The first kappa shape index (κ1) is 21.0. The molecule has 1 aromatic heterocycles. The molecular formula is C19H20N4O4S2. The van der Waals surface area contributed by atoms with Crippen LogP contribution in [-0.2, 0) is 21.2 Å². The number of methoxy groups -OCH3 is 1. The molecule has 0 unspecified atom stereocenters. The number of amides is 1. The lowest BCUT2D eigenvalue weighted by Gasteiger charge is -2.09. The van der Waals surface area contributed by atoms with Gasteiger partial charge in [-0.3, -0.25) is 4.79 Å². The largest absolute Gasteiger partial charge is 0.479 e. The zero-order valence-corrected chi connectivity index (χ0v) is 17.3. The Balaban J connectivity index is 1.52. The number of carbonyl (C=O) groups excluding carboxylic acids is 1. The number of ether oxygens (including phenoxy) is 1. The van der Waals surface area contributed by atoms with Crippen molar-refractivity contribution in [1.29, 1.82) is 0 Å². The van der Waals surface area contributed by atoms with Crippen molar-refractivity contribution >= 4 is 38.7 Å². The van der Waals surface area contributed by atoms with Gasteiger partial charge in [0.25, 0.3) is 0 Å². The van der Waals surface area contributed by atoms with Gasteiger partial charge in [0.05, 0.1) is 28.8 Å². The third-order valence-electron chi connectivity index (χ3n) is 4.03. The van der Waals surface area contributed by atoms with E-state index in [0.717, 1.165) is 16.6 Å². The number of hydrogen-bond donors (Lipinski definition) is 2. The first-order chi connectivity index (χ1) is 13.9. The number of thioether (sulfide) groups is 1. The highest BCUT2D eigenvalue weighted by molar-refractivity contribution is 8.00. The standard InChI is InChI=1S/C19H20N4O4S2/c1-27-18-19(23-16-5-3-2-4-15(16)22-18)28-12-17(24)21-11-10-13-6-8-14(9-7-13)29(20,25)26/h2-9H,10-12H2,1H3,(H,21,24)(H2,20,25,26). The van der Waals surface area contributed by atoms with E-state index in [1.165, 1.54) is 31.0 Å². The van der Waals surface area contributed by atoms with Crippen LogP contribution in [0.25, 0.3) is 11.0 Å². The zero-order chi connectivity index (χ0) is 20.9. The summed E-state index contributed by atoms with van der Waals surface area (Å²) >= 11 is 1.25. The molecule has 10 heteroatoms. The van der Waals surface area contributed by atoms with Crippen LogP contribution >= 0.6 is 11.8 Å². The molecule has 2 aromatic carbocycles. The molecule has 0 spiro atoms. The predicted molar refractivity (Wildman–Crippen MR) is 111 cm³/mol. The molecule has 1 amide bonds. The quantitative estimate of drug-likeness (QED) is 0.520. The van der Waals surface area contributed by atoms with Gasteiger partial charge in [-0.25, -0.2) is 23.5 Å². The fourth-order valence-corrected chi connectivity index (χ4v) is 3.87. The van der Waals surface area contributed by atoms with Crippen LogP contribution in [0.4, 0.5) is 0 Å². The van der Waals surface area contributed by atoms with E-state index in [4.69, 9.17) is 9.88 Å². The average molecular weight is 433 g/mol. The van der Waals surface area contributed by atoms with Crippen LogP contribution in [0.2, 0.25) is 0 Å². The number of nitrogens with two attached hydrogens (primary N) is 1. The van der Waals surface area contributed by atoms with E-state index in [9.17, 15) is 13.2 Å². The molecule has 1 heterocycles. The second-order valence-electron chi connectivity index (χ2n) is 6.10. The molecule has 0 aliphatic carbocycles. The Morgan fingerprint density at radius 2 is 1.76 bits per heavy atom. The lowest BCUT2D eigenvalue weighted by molar-refractivity contribution is -0.118. The normalized spacial score (nSPS) is 11.4. The number of primary sulfonamides is 1. The molecule has 0 saturated heterocycles. The summed E-state index contributed by atoms with van der Waals surface area (Å²) in [6.45, 7) is 0.425. The number of hydrogen-bond acceptors (Lipinski definition) is 7. The molecule has 0 atom stereocenters. The summed E-state index contributed by atoms with van der Waals surface area (Å²) in [5.41, 5.74) is 2.36.